The molecule has 68 valence electrons. The summed E-state index contributed by atoms with van der Waals surface area (Å²) in [5.74, 6) is 0. The fourth-order valence-corrected chi connectivity index (χ4v) is 1.77. The van der Waals surface area contributed by atoms with Crippen molar-refractivity contribution in [3.8, 4) is 0 Å². The van der Waals surface area contributed by atoms with E-state index in [4.69, 9.17) is 0 Å². The smallest absolute Gasteiger partial charge is 0.0955 e. The van der Waals surface area contributed by atoms with Crippen LogP contribution in [-0.4, -0.2) is 9.55 Å². The van der Waals surface area contributed by atoms with Gasteiger partial charge in [-0.3, -0.25) is 0 Å². The van der Waals surface area contributed by atoms with Gasteiger partial charge in [0.2, 0.25) is 0 Å². The third-order valence-electron chi connectivity index (χ3n) is 2.34. The van der Waals surface area contributed by atoms with Crippen molar-refractivity contribution in [2.24, 2.45) is 7.05 Å². The minimum absolute atomic E-state index is 1.11. The second-order valence-corrected chi connectivity index (χ2v) is 3.39. The van der Waals surface area contributed by atoms with Gasteiger partial charge in [0, 0.05) is 7.05 Å². The molecule has 0 aliphatic carbocycles. The molecular formula is C11H14N2. The van der Waals surface area contributed by atoms with Crippen molar-refractivity contribution in [2.75, 3.05) is 0 Å². The summed E-state index contributed by atoms with van der Waals surface area (Å²) in [5, 5.41) is 0. The van der Waals surface area contributed by atoms with E-state index in [1.54, 1.807) is 0 Å². The first-order valence-corrected chi connectivity index (χ1v) is 4.72. The monoisotopic (exact) mass is 174 g/mol. The number of hydrogen-bond acceptors (Lipinski definition) is 1. The molecule has 1 aromatic heterocycles. The van der Waals surface area contributed by atoms with Gasteiger partial charge in [0.15, 0.2) is 0 Å². The highest BCUT2D eigenvalue weighted by molar-refractivity contribution is 5.78. The van der Waals surface area contributed by atoms with Gasteiger partial charge in [-0.05, 0) is 18.1 Å². The van der Waals surface area contributed by atoms with Crippen molar-refractivity contribution >= 4 is 11.0 Å². The number of fused-ring (bicyclic) bond motifs is 1. The van der Waals surface area contributed by atoms with Crippen molar-refractivity contribution in [1.82, 2.24) is 9.55 Å². The average Bonchev–Trinajstić information content (AvgIpc) is 2.50. The Kier molecular flexibility index (Phi) is 2.05. The maximum absolute atomic E-state index is 4.32. The highest BCUT2D eigenvalue weighted by Crippen LogP contribution is 2.17. The summed E-state index contributed by atoms with van der Waals surface area (Å²) in [5.41, 5.74) is 3.79. The van der Waals surface area contributed by atoms with E-state index in [1.807, 2.05) is 6.33 Å². The van der Waals surface area contributed by atoms with Gasteiger partial charge < -0.3 is 4.57 Å². The molecule has 2 nitrogen and oxygen atoms in total. The molecule has 0 amide bonds. The molecule has 0 saturated carbocycles. The lowest BCUT2D eigenvalue weighted by molar-refractivity contribution is 0.898. The normalized spacial score (nSPS) is 10.9. The molecule has 1 heterocycles. The Morgan fingerprint density at radius 1 is 1.38 bits per heavy atom. The molecule has 0 unspecified atom stereocenters. The number of imidazole rings is 1. The molecule has 0 saturated heterocycles. The molecule has 0 radical (unpaired) electrons. The van der Waals surface area contributed by atoms with E-state index in [9.17, 15) is 0 Å². The van der Waals surface area contributed by atoms with Crippen molar-refractivity contribution in [3.63, 3.8) is 0 Å². The van der Waals surface area contributed by atoms with E-state index in [0.29, 0.717) is 0 Å². The molecule has 1 aromatic carbocycles. The van der Waals surface area contributed by atoms with E-state index in [2.05, 4.69) is 41.7 Å². The topological polar surface area (TPSA) is 17.8 Å². The first-order valence-electron chi connectivity index (χ1n) is 4.72. The van der Waals surface area contributed by atoms with Crippen LogP contribution in [0.2, 0.25) is 0 Å². The van der Waals surface area contributed by atoms with Crippen LogP contribution in [-0.2, 0) is 13.5 Å². The molecular weight excluding hydrogens is 160 g/mol. The molecule has 0 spiro atoms. The lowest BCUT2D eigenvalue weighted by Crippen LogP contribution is -1.91. The molecule has 2 rings (SSSR count). The first kappa shape index (κ1) is 8.30. The summed E-state index contributed by atoms with van der Waals surface area (Å²) in [6.45, 7) is 2.20. The number of benzene rings is 1. The zero-order valence-corrected chi connectivity index (χ0v) is 8.12. The van der Waals surface area contributed by atoms with Crippen LogP contribution in [0.4, 0.5) is 0 Å². The van der Waals surface area contributed by atoms with Crippen LogP contribution < -0.4 is 0 Å². The van der Waals surface area contributed by atoms with Crippen LogP contribution in [0.3, 0.4) is 0 Å². The Hall–Kier alpha value is -1.31. The summed E-state index contributed by atoms with van der Waals surface area (Å²) in [6.07, 6.45) is 4.20. The molecule has 0 fully saturated rings. The molecule has 2 heteroatoms. The molecule has 0 aliphatic rings. The zero-order valence-electron chi connectivity index (χ0n) is 8.12. The van der Waals surface area contributed by atoms with Gasteiger partial charge in [0.05, 0.1) is 17.4 Å². The third kappa shape index (κ3) is 1.32. The number of para-hydroxylation sites is 1. The molecule has 0 bridgehead atoms. The van der Waals surface area contributed by atoms with Gasteiger partial charge in [-0.25, -0.2) is 4.98 Å². The summed E-state index contributed by atoms with van der Waals surface area (Å²) in [6, 6.07) is 6.34. The van der Waals surface area contributed by atoms with Crippen molar-refractivity contribution < 1.29 is 0 Å². The molecule has 13 heavy (non-hydrogen) atoms. The van der Waals surface area contributed by atoms with E-state index < -0.39 is 0 Å². The number of hydrogen-bond donors (Lipinski definition) is 0. The second kappa shape index (κ2) is 3.21. The Labute approximate surface area is 78.2 Å². The number of aryl methyl sites for hydroxylation is 2. The minimum atomic E-state index is 1.11. The Bertz CT molecular complexity index is 415. The number of rotatable bonds is 2. The standard InChI is InChI=1S/C11H14N2/c1-3-5-9-6-4-7-10-11(9)13(2)8-12-10/h4,6-8H,3,5H2,1-2H3. The maximum Gasteiger partial charge on any atom is 0.0955 e. The minimum Gasteiger partial charge on any atom is -0.334 e. The van der Waals surface area contributed by atoms with Crippen LogP contribution in [0, 0.1) is 0 Å². The van der Waals surface area contributed by atoms with Gasteiger partial charge in [0.1, 0.15) is 0 Å². The van der Waals surface area contributed by atoms with Gasteiger partial charge in [0.25, 0.3) is 0 Å². The Morgan fingerprint density at radius 2 is 2.23 bits per heavy atom. The number of aromatic nitrogens is 2. The van der Waals surface area contributed by atoms with Crippen LogP contribution >= 0.6 is 0 Å². The SMILES string of the molecule is CCCc1cccc2ncn(C)c12. The maximum atomic E-state index is 4.32. The molecule has 0 atom stereocenters. The summed E-state index contributed by atoms with van der Waals surface area (Å²) in [7, 11) is 2.05. The highest BCUT2D eigenvalue weighted by Gasteiger charge is 2.03. The predicted octanol–water partition coefficient (Wildman–Crippen LogP) is 2.53. The Balaban J connectivity index is 2.65. The van der Waals surface area contributed by atoms with Gasteiger partial charge >= 0.3 is 0 Å². The zero-order chi connectivity index (χ0) is 9.26. The fourth-order valence-electron chi connectivity index (χ4n) is 1.77. The van der Waals surface area contributed by atoms with Crippen molar-refractivity contribution in [3.05, 3.63) is 30.1 Å². The Morgan fingerprint density at radius 3 is 3.00 bits per heavy atom. The second-order valence-electron chi connectivity index (χ2n) is 3.39. The largest absolute Gasteiger partial charge is 0.334 e. The van der Waals surface area contributed by atoms with E-state index in [-0.39, 0.29) is 0 Å². The van der Waals surface area contributed by atoms with E-state index >= 15 is 0 Å². The lowest BCUT2D eigenvalue weighted by atomic mass is 10.1. The van der Waals surface area contributed by atoms with Crippen LogP contribution in [0.1, 0.15) is 18.9 Å². The third-order valence-corrected chi connectivity index (χ3v) is 2.34. The summed E-state index contributed by atoms with van der Waals surface area (Å²) in [4.78, 5) is 4.32. The van der Waals surface area contributed by atoms with Crippen molar-refractivity contribution in [1.29, 1.82) is 0 Å². The quantitative estimate of drug-likeness (QED) is 0.684. The van der Waals surface area contributed by atoms with E-state index in [0.717, 1.165) is 11.9 Å². The molecule has 2 aromatic rings. The van der Waals surface area contributed by atoms with Crippen LogP contribution in [0.15, 0.2) is 24.5 Å². The van der Waals surface area contributed by atoms with Gasteiger partial charge in [-0.1, -0.05) is 25.5 Å². The van der Waals surface area contributed by atoms with Crippen LogP contribution in [0.5, 0.6) is 0 Å². The fraction of sp³-hybridized carbons (Fsp3) is 0.364. The predicted molar refractivity (Wildman–Crippen MR) is 54.7 cm³/mol. The van der Waals surface area contributed by atoms with E-state index in [1.165, 1.54) is 17.5 Å². The number of nitrogens with zero attached hydrogens (tertiary/aromatic N) is 2. The van der Waals surface area contributed by atoms with Crippen molar-refractivity contribution in [2.45, 2.75) is 19.8 Å². The molecule has 0 aliphatic heterocycles. The molecule has 0 N–H and O–H groups in total. The highest BCUT2D eigenvalue weighted by atomic mass is 15.0. The first-order chi connectivity index (χ1) is 6.33. The van der Waals surface area contributed by atoms with Gasteiger partial charge in [-0.2, -0.15) is 0 Å². The summed E-state index contributed by atoms with van der Waals surface area (Å²) < 4.78 is 2.10. The van der Waals surface area contributed by atoms with Crippen LogP contribution in [0.25, 0.3) is 11.0 Å². The summed E-state index contributed by atoms with van der Waals surface area (Å²) >= 11 is 0. The lowest BCUT2D eigenvalue weighted by Gasteiger charge is -2.02. The average molecular weight is 174 g/mol. The van der Waals surface area contributed by atoms with Gasteiger partial charge in [-0.15, -0.1) is 0 Å².